The molecule has 1 aromatic rings. The van der Waals surface area contributed by atoms with Gasteiger partial charge in [0.15, 0.2) is 5.96 Å². The van der Waals surface area contributed by atoms with E-state index in [1.165, 1.54) is 5.56 Å². The summed E-state index contributed by atoms with van der Waals surface area (Å²) in [5, 5.41) is 3.31. The molecule has 0 saturated heterocycles. The predicted molar refractivity (Wildman–Crippen MR) is 79.0 cm³/mol. The van der Waals surface area contributed by atoms with Crippen LogP contribution in [-0.2, 0) is 6.42 Å². The average molecular weight is 272 g/mol. The molecule has 3 rings (SSSR count). The van der Waals surface area contributed by atoms with Crippen molar-refractivity contribution in [2.45, 2.75) is 6.42 Å². The zero-order valence-corrected chi connectivity index (χ0v) is 11.8. The van der Waals surface area contributed by atoms with Gasteiger partial charge in [0.2, 0.25) is 0 Å². The quantitative estimate of drug-likeness (QED) is 0.875. The molecule has 0 bridgehead atoms. The van der Waals surface area contributed by atoms with Crippen molar-refractivity contribution in [3.8, 4) is 0 Å². The fraction of sp³-hybridized carbons (Fsp3) is 0.467. The Morgan fingerprint density at radius 2 is 2.15 bits per heavy atom. The SMILES string of the molecule is CN1CCN=C1NCCN1CCc2ccccc2C1=O. The van der Waals surface area contributed by atoms with Gasteiger partial charge in [-0.1, -0.05) is 18.2 Å². The molecular weight excluding hydrogens is 252 g/mol. The van der Waals surface area contributed by atoms with Crippen LogP contribution in [0.1, 0.15) is 15.9 Å². The third kappa shape index (κ3) is 2.48. The van der Waals surface area contributed by atoms with Gasteiger partial charge < -0.3 is 15.1 Å². The van der Waals surface area contributed by atoms with E-state index < -0.39 is 0 Å². The van der Waals surface area contributed by atoms with Crippen molar-refractivity contribution in [1.82, 2.24) is 15.1 Å². The minimum absolute atomic E-state index is 0.148. The number of aliphatic imine (C=N–C) groups is 1. The lowest BCUT2D eigenvalue weighted by Crippen LogP contribution is -2.44. The van der Waals surface area contributed by atoms with Crippen molar-refractivity contribution in [2.24, 2.45) is 4.99 Å². The second-order valence-corrected chi connectivity index (χ2v) is 5.25. The summed E-state index contributed by atoms with van der Waals surface area (Å²) in [5.74, 6) is 1.09. The lowest BCUT2D eigenvalue weighted by Gasteiger charge is -2.29. The van der Waals surface area contributed by atoms with Crippen molar-refractivity contribution in [3.05, 3.63) is 35.4 Å². The second kappa shape index (κ2) is 5.53. The van der Waals surface area contributed by atoms with Crippen LogP contribution in [0.2, 0.25) is 0 Å². The summed E-state index contributed by atoms with van der Waals surface area (Å²) in [6, 6.07) is 7.90. The molecule has 5 nitrogen and oxygen atoms in total. The third-order valence-corrected chi connectivity index (χ3v) is 3.91. The summed E-state index contributed by atoms with van der Waals surface area (Å²) >= 11 is 0. The summed E-state index contributed by atoms with van der Waals surface area (Å²) in [6.45, 7) is 4.10. The Hall–Kier alpha value is -2.04. The number of rotatable bonds is 3. The Balaban J connectivity index is 1.56. The van der Waals surface area contributed by atoms with Gasteiger partial charge in [-0.3, -0.25) is 9.79 Å². The second-order valence-electron chi connectivity index (χ2n) is 5.25. The molecule has 0 aromatic heterocycles. The minimum atomic E-state index is 0.148. The van der Waals surface area contributed by atoms with E-state index in [2.05, 4.69) is 15.2 Å². The Kier molecular flexibility index (Phi) is 3.58. The number of carbonyl (C=O) groups excluding carboxylic acids is 1. The van der Waals surface area contributed by atoms with Crippen LogP contribution in [-0.4, -0.2) is 61.4 Å². The van der Waals surface area contributed by atoms with Crippen LogP contribution in [0.5, 0.6) is 0 Å². The predicted octanol–water partition coefficient (Wildman–Crippen LogP) is 0.576. The zero-order chi connectivity index (χ0) is 13.9. The fourth-order valence-corrected chi connectivity index (χ4v) is 2.71. The highest BCUT2D eigenvalue weighted by molar-refractivity contribution is 5.96. The Morgan fingerprint density at radius 3 is 2.95 bits per heavy atom. The molecule has 1 N–H and O–H groups in total. The number of hydrogen-bond acceptors (Lipinski definition) is 4. The van der Waals surface area contributed by atoms with Crippen molar-refractivity contribution >= 4 is 11.9 Å². The van der Waals surface area contributed by atoms with Crippen LogP contribution in [0.4, 0.5) is 0 Å². The van der Waals surface area contributed by atoms with Crippen LogP contribution < -0.4 is 5.32 Å². The highest BCUT2D eigenvalue weighted by atomic mass is 16.2. The van der Waals surface area contributed by atoms with Gasteiger partial charge in [0.05, 0.1) is 6.54 Å². The molecule has 0 saturated carbocycles. The van der Waals surface area contributed by atoms with Crippen molar-refractivity contribution < 1.29 is 4.79 Å². The summed E-state index contributed by atoms with van der Waals surface area (Å²) in [5.41, 5.74) is 2.02. The molecule has 1 amide bonds. The number of carbonyl (C=O) groups is 1. The van der Waals surface area contributed by atoms with E-state index in [4.69, 9.17) is 0 Å². The topological polar surface area (TPSA) is 47.9 Å². The normalized spacial score (nSPS) is 18.1. The van der Waals surface area contributed by atoms with Gasteiger partial charge in [0.25, 0.3) is 5.91 Å². The number of nitrogens with one attached hydrogen (secondary N) is 1. The molecule has 2 aliphatic rings. The molecule has 106 valence electrons. The zero-order valence-electron chi connectivity index (χ0n) is 11.8. The smallest absolute Gasteiger partial charge is 0.254 e. The Bertz CT molecular complexity index is 540. The molecule has 2 aliphatic heterocycles. The van der Waals surface area contributed by atoms with Gasteiger partial charge in [-0.25, -0.2) is 0 Å². The molecule has 5 heteroatoms. The summed E-state index contributed by atoms with van der Waals surface area (Å²) in [6.07, 6.45) is 0.947. The minimum Gasteiger partial charge on any atom is -0.354 e. The molecule has 20 heavy (non-hydrogen) atoms. The van der Waals surface area contributed by atoms with E-state index in [-0.39, 0.29) is 5.91 Å². The number of hydrogen-bond donors (Lipinski definition) is 1. The molecule has 1 aromatic carbocycles. The number of likely N-dealkylation sites (N-methyl/N-ethyl adjacent to an activating group) is 1. The number of benzene rings is 1. The van der Waals surface area contributed by atoms with Gasteiger partial charge >= 0.3 is 0 Å². The maximum absolute atomic E-state index is 12.4. The molecule has 0 aliphatic carbocycles. The first-order chi connectivity index (χ1) is 9.75. The third-order valence-electron chi connectivity index (χ3n) is 3.91. The fourth-order valence-electron chi connectivity index (χ4n) is 2.71. The maximum atomic E-state index is 12.4. The number of amides is 1. The van der Waals surface area contributed by atoms with Gasteiger partial charge in [-0.2, -0.15) is 0 Å². The van der Waals surface area contributed by atoms with E-state index in [0.29, 0.717) is 0 Å². The summed E-state index contributed by atoms with van der Waals surface area (Å²) < 4.78 is 0. The van der Waals surface area contributed by atoms with Crippen LogP contribution in [0.3, 0.4) is 0 Å². The van der Waals surface area contributed by atoms with Crippen LogP contribution in [0, 0.1) is 0 Å². The van der Waals surface area contributed by atoms with E-state index in [1.807, 2.05) is 36.2 Å². The van der Waals surface area contributed by atoms with E-state index >= 15 is 0 Å². The Labute approximate surface area is 119 Å². The Morgan fingerprint density at radius 1 is 1.30 bits per heavy atom. The molecule has 0 atom stereocenters. The average Bonchev–Trinajstić information content (AvgIpc) is 2.87. The molecule has 0 fully saturated rings. The summed E-state index contributed by atoms with van der Waals surface area (Å²) in [4.78, 5) is 20.8. The number of fused-ring (bicyclic) bond motifs is 1. The highest BCUT2D eigenvalue weighted by Gasteiger charge is 2.23. The van der Waals surface area contributed by atoms with E-state index in [9.17, 15) is 4.79 Å². The largest absolute Gasteiger partial charge is 0.354 e. The summed E-state index contributed by atoms with van der Waals surface area (Å²) in [7, 11) is 2.03. The van der Waals surface area contributed by atoms with Crippen LogP contribution >= 0.6 is 0 Å². The first kappa shape index (κ1) is 13.0. The van der Waals surface area contributed by atoms with Gasteiger partial charge in [0.1, 0.15) is 0 Å². The monoisotopic (exact) mass is 272 g/mol. The number of nitrogens with zero attached hydrogens (tertiary/aromatic N) is 3. The molecular formula is C15H20N4O. The van der Waals surface area contributed by atoms with Crippen LogP contribution in [0.25, 0.3) is 0 Å². The van der Waals surface area contributed by atoms with Gasteiger partial charge in [0, 0.05) is 38.8 Å². The standard InChI is InChI=1S/C15H20N4O/c1-18-10-7-16-15(18)17-8-11-19-9-6-12-4-2-3-5-13(12)14(19)20/h2-5H,6-11H2,1H3,(H,16,17). The van der Waals surface area contributed by atoms with E-state index in [0.717, 1.165) is 50.7 Å². The molecule has 0 unspecified atom stereocenters. The first-order valence-corrected chi connectivity index (χ1v) is 7.12. The first-order valence-electron chi connectivity index (χ1n) is 7.12. The number of guanidine groups is 1. The van der Waals surface area contributed by atoms with Crippen LogP contribution in [0.15, 0.2) is 29.3 Å². The van der Waals surface area contributed by atoms with Crippen molar-refractivity contribution in [1.29, 1.82) is 0 Å². The molecule has 0 spiro atoms. The maximum Gasteiger partial charge on any atom is 0.254 e. The lowest BCUT2D eigenvalue weighted by molar-refractivity contribution is 0.0743. The van der Waals surface area contributed by atoms with Crippen molar-refractivity contribution in [2.75, 3.05) is 39.8 Å². The molecule has 2 heterocycles. The van der Waals surface area contributed by atoms with Gasteiger partial charge in [-0.15, -0.1) is 0 Å². The van der Waals surface area contributed by atoms with Gasteiger partial charge in [-0.05, 0) is 18.1 Å². The highest BCUT2D eigenvalue weighted by Crippen LogP contribution is 2.17. The molecule has 0 radical (unpaired) electrons. The van der Waals surface area contributed by atoms with E-state index in [1.54, 1.807) is 0 Å². The lowest BCUT2D eigenvalue weighted by atomic mass is 9.99. The van der Waals surface area contributed by atoms with Crippen molar-refractivity contribution in [3.63, 3.8) is 0 Å².